The van der Waals surface area contributed by atoms with Crippen molar-refractivity contribution in [3.63, 3.8) is 0 Å². The highest BCUT2D eigenvalue weighted by Crippen LogP contribution is 2.16. The van der Waals surface area contributed by atoms with Crippen LogP contribution in [0.4, 0.5) is 0 Å². The average molecular weight is 926 g/mol. The molecule has 0 rings (SSSR count). The minimum Gasteiger partial charge on any atom is -0.462 e. The van der Waals surface area contributed by atoms with Gasteiger partial charge in [-0.15, -0.1) is 0 Å². The summed E-state index contributed by atoms with van der Waals surface area (Å²) in [7, 11) is 0. The minimum atomic E-state index is -0.774. The summed E-state index contributed by atoms with van der Waals surface area (Å²) in [5.41, 5.74) is 0. The van der Waals surface area contributed by atoms with Crippen molar-refractivity contribution in [2.45, 2.75) is 303 Å². The van der Waals surface area contributed by atoms with Crippen molar-refractivity contribution in [2.24, 2.45) is 0 Å². The molecule has 384 valence electrons. The molecule has 66 heavy (non-hydrogen) atoms. The van der Waals surface area contributed by atoms with E-state index in [9.17, 15) is 14.4 Å². The second kappa shape index (κ2) is 55.0. The zero-order valence-corrected chi connectivity index (χ0v) is 44.0. The lowest BCUT2D eigenvalue weighted by molar-refractivity contribution is -0.167. The second-order valence-electron chi connectivity index (χ2n) is 19.2. The summed E-state index contributed by atoms with van der Waals surface area (Å²) in [5, 5.41) is 0. The van der Waals surface area contributed by atoms with Crippen molar-refractivity contribution >= 4 is 17.9 Å². The first kappa shape index (κ1) is 63.4. The van der Waals surface area contributed by atoms with Gasteiger partial charge in [0.15, 0.2) is 6.10 Å². The molecular formula is C60H108O6. The van der Waals surface area contributed by atoms with Crippen LogP contribution in [0.5, 0.6) is 0 Å². The number of carbonyl (C=O) groups excluding carboxylic acids is 3. The Balaban J connectivity index is 4.30. The van der Waals surface area contributed by atoms with Crippen molar-refractivity contribution in [2.75, 3.05) is 13.2 Å². The maximum Gasteiger partial charge on any atom is 0.306 e. The first-order valence-electron chi connectivity index (χ1n) is 28.6. The molecule has 0 unspecified atom stereocenters. The van der Waals surface area contributed by atoms with Gasteiger partial charge in [0.2, 0.25) is 0 Å². The number of hydrogen-bond acceptors (Lipinski definition) is 6. The van der Waals surface area contributed by atoms with E-state index in [2.05, 4.69) is 69.4 Å². The summed E-state index contributed by atoms with van der Waals surface area (Å²) in [4.78, 5) is 38.1. The summed E-state index contributed by atoms with van der Waals surface area (Å²) in [6.07, 6.45) is 66.7. The van der Waals surface area contributed by atoms with Gasteiger partial charge in [-0.3, -0.25) is 14.4 Å². The molecule has 0 aromatic carbocycles. The average Bonchev–Trinajstić information content (AvgIpc) is 3.31. The molecule has 0 N–H and O–H groups in total. The molecule has 1 atom stereocenters. The van der Waals surface area contributed by atoms with E-state index in [0.29, 0.717) is 19.3 Å². The quantitative estimate of drug-likeness (QED) is 0.0262. The summed E-state index contributed by atoms with van der Waals surface area (Å²) in [6.45, 7) is 6.60. The number of carbonyl (C=O) groups is 3. The van der Waals surface area contributed by atoms with E-state index in [1.807, 2.05) is 0 Å². The summed E-state index contributed by atoms with van der Waals surface area (Å²) >= 11 is 0. The van der Waals surface area contributed by atoms with E-state index in [1.165, 1.54) is 186 Å². The van der Waals surface area contributed by atoms with E-state index in [4.69, 9.17) is 14.2 Å². The standard InChI is InChI=1S/C60H108O6/c1-4-7-10-13-16-19-22-24-26-28-30-32-34-36-38-41-44-47-50-53-59(62)65-56-57(55-64-58(61)52-49-46-43-40-21-18-15-12-9-6-3)66-60(63)54-51-48-45-42-39-37-35-33-31-29-27-25-23-20-17-14-11-8-5-2/h16-17,19-20,24-27,57H,4-15,18,21-23,28-56H2,1-3H3/b19-16-,20-17-,26-24-,27-25-/t57-/m1/s1. The highest BCUT2D eigenvalue weighted by molar-refractivity contribution is 5.71. The molecule has 0 fully saturated rings. The van der Waals surface area contributed by atoms with Gasteiger partial charge in [-0.2, -0.15) is 0 Å². The Morgan fingerprint density at radius 3 is 0.864 bits per heavy atom. The molecule has 0 amide bonds. The summed E-state index contributed by atoms with van der Waals surface area (Å²) < 4.78 is 16.8. The number of ether oxygens (including phenoxy) is 3. The molecule has 0 saturated carbocycles. The third-order valence-electron chi connectivity index (χ3n) is 12.6. The van der Waals surface area contributed by atoms with Crippen molar-refractivity contribution in [1.82, 2.24) is 0 Å². The zero-order valence-electron chi connectivity index (χ0n) is 44.0. The van der Waals surface area contributed by atoms with E-state index in [-0.39, 0.29) is 31.1 Å². The lowest BCUT2D eigenvalue weighted by atomic mass is 10.1. The predicted molar refractivity (Wildman–Crippen MR) is 284 cm³/mol. The largest absolute Gasteiger partial charge is 0.462 e. The number of allylic oxidation sites excluding steroid dienone is 8. The van der Waals surface area contributed by atoms with Gasteiger partial charge in [0, 0.05) is 19.3 Å². The summed E-state index contributed by atoms with van der Waals surface area (Å²) in [6, 6.07) is 0. The fourth-order valence-electron chi connectivity index (χ4n) is 8.21. The van der Waals surface area contributed by atoms with Crippen LogP contribution in [0.1, 0.15) is 297 Å². The molecule has 0 bridgehead atoms. The normalized spacial score (nSPS) is 12.3. The van der Waals surface area contributed by atoms with Crippen molar-refractivity contribution in [1.29, 1.82) is 0 Å². The topological polar surface area (TPSA) is 78.9 Å². The predicted octanol–water partition coefficient (Wildman–Crippen LogP) is 19.0. The van der Waals surface area contributed by atoms with E-state index in [1.54, 1.807) is 0 Å². The Hall–Kier alpha value is -2.63. The molecule has 0 aliphatic rings. The highest BCUT2D eigenvalue weighted by Gasteiger charge is 2.19. The molecule has 0 heterocycles. The SMILES string of the molecule is CCCCC/C=C\C/C=C\CCCCCCCCCCCC(=O)OC[C@@H](COC(=O)CCCCCCCCCCCC)OC(=O)CCCCCCCCCCC/C=C\C/C=C\CCCCC. The number of rotatable bonds is 52. The lowest BCUT2D eigenvalue weighted by Gasteiger charge is -2.18. The number of hydrogen-bond donors (Lipinski definition) is 0. The molecule has 0 radical (unpaired) electrons. The molecular weight excluding hydrogens is 817 g/mol. The fourth-order valence-corrected chi connectivity index (χ4v) is 8.21. The number of esters is 3. The third-order valence-corrected chi connectivity index (χ3v) is 12.6. The van der Waals surface area contributed by atoms with E-state index < -0.39 is 6.10 Å². The van der Waals surface area contributed by atoms with Gasteiger partial charge in [-0.05, 0) is 83.5 Å². The first-order chi connectivity index (χ1) is 32.5. The van der Waals surface area contributed by atoms with Gasteiger partial charge in [-0.25, -0.2) is 0 Å². The number of unbranched alkanes of at least 4 members (excludes halogenated alkanes) is 33. The maximum absolute atomic E-state index is 12.8. The lowest BCUT2D eigenvalue weighted by Crippen LogP contribution is -2.30. The Morgan fingerprint density at radius 2 is 0.545 bits per heavy atom. The minimum absolute atomic E-state index is 0.0734. The van der Waals surface area contributed by atoms with Gasteiger partial charge in [0.05, 0.1) is 0 Å². The fraction of sp³-hybridized carbons (Fsp3) is 0.817. The molecule has 0 spiro atoms. The smallest absolute Gasteiger partial charge is 0.306 e. The molecule has 0 aromatic heterocycles. The van der Waals surface area contributed by atoms with Gasteiger partial charge in [-0.1, -0.05) is 243 Å². The van der Waals surface area contributed by atoms with Crippen molar-refractivity contribution in [3.8, 4) is 0 Å². The highest BCUT2D eigenvalue weighted by atomic mass is 16.6. The summed E-state index contributed by atoms with van der Waals surface area (Å²) in [5.74, 6) is -0.871. The van der Waals surface area contributed by atoms with Crippen LogP contribution in [-0.4, -0.2) is 37.2 Å². The van der Waals surface area contributed by atoms with E-state index in [0.717, 1.165) is 70.6 Å². The Labute approximate surface area is 409 Å². The van der Waals surface area contributed by atoms with Crippen LogP contribution < -0.4 is 0 Å². The van der Waals surface area contributed by atoms with Gasteiger partial charge in [0.1, 0.15) is 13.2 Å². The first-order valence-corrected chi connectivity index (χ1v) is 28.6. The monoisotopic (exact) mass is 925 g/mol. The van der Waals surface area contributed by atoms with Gasteiger partial charge < -0.3 is 14.2 Å². The zero-order chi connectivity index (χ0) is 47.9. The maximum atomic E-state index is 12.8. The molecule has 0 aromatic rings. The molecule has 6 nitrogen and oxygen atoms in total. The van der Waals surface area contributed by atoms with Crippen LogP contribution in [0, 0.1) is 0 Å². The van der Waals surface area contributed by atoms with Crippen LogP contribution in [0.25, 0.3) is 0 Å². The van der Waals surface area contributed by atoms with Crippen LogP contribution in [0.3, 0.4) is 0 Å². The van der Waals surface area contributed by atoms with Crippen molar-refractivity contribution in [3.05, 3.63) is 48.6 Å². The second-order valence-corrected chi connectivity index (χ2v) is 19.2. The molecule has 0 aliphatic carbocycles. The van der Waals surface area contributed by atoms with Crippen LogP contribution in [0.15, 0.2) is 48.6 Å². The molecule has 0 aliphatic heterocycles. The van der Waals surface area contributed by atoms with Crippen molar-refractivity contribution < 1.29 is 28.6 Å². The molecule has 0 saturated heterocycles. The Kier molecular flexibility index (Phi) is 52.8. The third kappa shape index (κ3) is 52.3. The van der Waals surface area contributed by atoms with Gasteiger partial charge >= 0.3 is 17.9 Å². The molecule has 6 heteroatoms. The Bertz CT molecular complexity index is 1150. The Morgan fingerprint density at radius 1 is 0.303 bits per heavy atom. The van der Waals surface area contributed by atoms with Crippen LogP contribution >= 0.6 is 0 Å². The van der Waals surface area contributed by atoms with Crippen LogP contribution in [-0.2, 0) is 28.6 Å². The van der Waals surface area contributed by atoms with E-state index >= 15 is 0 Å². The van der Waals surface area contributed by atoms with Gasteiger partial charge in [0.25, 0.3) is 0 Å². The van der Waals surface area contributed by atoms with Crippen LogP contribution in [0.2, 0.25) is 0 Å².